The van der Waals surface area contributed by atoms with Crippen LogP contribution in [0.1, 0.15) is 37.2 Å². The molecule has 0 aromatic heterocycles. The Bertz CT molecular complexity index is 505. The van der Waals surface area contributed by atoms with Crippen LogP contribution in [0.2, 0.25) is 0 Å². The van der Waals surface area contributed by atoms with Crippen LogP contribution in [-0.2, 0) is 4.79 Å². The van der Waals surface area contributed by atoms with E-state index < -0.39 is 11.9 Å². The van der Waals surface area contributed by atoms with Gasteiger partial charge in [0.25, 0.3) is 0 Å². The molecule has 0 fully saturated rings. The smallest absolute Gasteiger partial charge is 0.315 e. The molecule has 1 atom stereocenters. The molecule has 0 radical (unpaired) electrons. The Morgan fingerprint density at radius 2 is 2.00 bits per heavy atom. The first-order valence-corrected chi connectivity index (χ1v) is 6.08. The van der Waals surface area contributed by atoms with E-state index in [1.165, 1.54) is 0 Å². The SMILES string of the molecule is O=C(O)C1C2=C(CCCC2)Nc2ccccc21. The number of aliphatic carboxylic acids is 1. The van der Waals surface area contributed by atoms with Gasteiger partial charge in [0.05, 0.1) is 0 Å². The standard InChI is InChI=1S/C14H15NO2/c16-14(17)13-9-5-1-3-7-11(9)15-12-8-4-2-6-10(12)13/h1,3,5,7,13,15H,2,4,6,8H2,(H,16,17). The zero-order valence-electron chi connectivity index (χ0n) is 9.57. The molecule has 1 aliphatic heterocycles. The summed E-state index contributed by atoms with van der Waals surface area (Å²) in [5, 5.41) is 12.9. The van der Waals surface area contributed by atoms with Gasteiger partial charge in [-0.05, 0) is 42.9 Å². The molecule has 0 saturated heterocycles. The van der Waals surface area contributed by atoms with Crippen LogP contribution in [-0.4, -0.2) is 11.1 Å². The van der Waals surface area contributed by atoms with E-state index in [0.29, 0.717) is 0 Å². The lowest BCUT2D eigenvalue weighted by Gasteiger charge is -2.32. The summed E-state index contributed by atoms with van der Waals surface area (Å²) in [4.78, 5) is 11.5. The minimum atomic E-state index is -0.728. The van der Waals surface area contributed by atoms with Crippen LogP contribution in [0.5, 0.6) is 0 Å². The number of carboxylic acids is 1. The van der Waals surface area contributed by atoms with Crippen molar-refractivity contribution in [3.8, 4) is 0 Å². The minimum Gasteiger partial charge on any atom is -0.481 e. The van der Waals surface area contributed by atoms with E-state index >= 15 is 0 Å². The van der Waals surface area contributed by atoms with Gasteiger partial charge in [-0.15, -0.1) is 0 Å². The molecule has 0 saturated carbocycles. The molecular weight excluding hydrogens is 214 g/mol. The van der Waals surface area contributed by atoms with Gasteiger partial charge in [-0.25, -0.2) is 0 Å². The van der Waals surface area contributed by atoms with E-state index in [4.69, 9.17) is 0 Å². The number of hydrogen-bond acceptors (Lipinski definition) is 2. The van der Waals surface area contributed by atoms with E-state index in [2.05, 4.69) is 5.32 Å². The number of anilines is 1. The Morgan fingerprint density at radius 3 is 2.82 bits per heavy atom. The third-order valence-electron chi connectivity index (χ3n) is 3.66. The van der Waals surface area contributed by atoms with Crippen molar-refractivity contribution in [1.29, 1.82) is 0 Å². The van der Waals surface area contributed by atoms with E-state index in [-0.39, 0.29) is 0 Å². The molecule has 0 amide bonds. The van der Waals surface area contributed by atoms with Crippen molar-refractivity contribution in [3.63, 3.8) is 0 Å². The molecule has 0 bridgehead atoms. The molecule has 0 spiro atoms. The van der Waals surface area contributed by atoms with Crippen LogP contribution >= 0.6 is 0 Å². The quantitative estimate of drug-likeness (QED) is 0.778. The second-order valence-electron chi connectivity index (χ2n) is 4.69. The predicted octanol–water partition coefficient (Wildman–Crippen LogP) is 3.11. The van der Waals surface area contributed by atoms with Crippen LogP contribution in [0, 0.1) is 0 Å². The van der Waals surface area contributed by atoms with Crippen molar-refractivity contribution in [2.75, 3.05) is 5.32 Å². The zero-order valence-corrected chi connectivity index (χ0v) is 9.57. The lowest BCUT2D eigenvalue weighted by molar-refractivity contribution is -0.137. The number of carbonyl (C=O) groups is 1. The number of benzene rings is 1. The summed E-state index contributed by atoms with van der Waals surface area (Å²) in [6.07, 6.45) is 4.15. The fourth-order valence-corrected chi connectivity index (χ4v) is 2.88. The molecule has 1 aromatic rings. The fraction of sp³-hybridized carbons (Fsp3) is 0.357. The van der Waals surface area contributed by atoms with Gasteiger partial charge in [0.1, 0.15) is 5.92 Å². The van der Waals surface area contributed by atoms with E-state index in [0.717, 1.165) is 48.2 Å². The maximum absolute atomic E-state index is 11.5. The number of fused-ring (bicyclic) bond motifs is 1. The van der Waals surface area contributed by atoms with Gasteiger partial charge in [0.15, 0.2) is 0 Å². The Hall–Kier alpha value is -1.77. The molecular formula is C14H15NO2. The van der Waals surface area contributed by atoms with Gasteiger partial charge in [-0.1, -0.05) is 18.2 Å². The molecule has 1 unspecified atom stereocenters. The number of para-hydroxylation sites is 1. The van der Waals surface area contributed by atoms with Crippen LogP contribution in [0.4, 0.5) is 5.69 Å². The Labute approximate surface area is 100 Å². The summed E-state index contributed by atoms with van der Waals surface area (Å²) in [6.45, 7) is 0. The van der Waals surface area contributed by atoms with Crippen molar-refractivity contribution in [1.82, 2.24) is 0 Å². The Balaban J connectivity index is 2.13. The average molecular weight is 229 g/mol. The minimum absolute atomic E-state index is 0.442. The largest absolute Gasteiger partial charge is 0.481 e. The molecule has 1 heterocycles. The number of carboxylic acid groups (broad SMARTS) is 1. The molecule has 3 rings (SSSR count). The second kappa shape index (κ2) is 3.91. The molecule has 1 aromatic carbocycles. The second-order valence-corrected chi connectivity index (χ2v) is 4.69. The van der Waals surface area contributed by atoms with Crippen molar-refractivity contribution >= 4 is 11.7 Å². The number of rotatable bonds is 1. The van der Waals surface area contributed by atoms with Crippen LogP contribution in [0.3, 0.4) is 0 Å². The summed E-state index contributed by atoms with van der Waals surface area (Å²) in [5.74, 6) is -1.17. The maximum atomic E-state index is 11.5. The highest BCUT2D eigenvalue weighted by Gasteiger charge is 2.33. The monoisotopic (exact) mass is 229 g/mol. The van der Waals surface area contributed by atoms with Crippen molar-refractivity contribution < 1.29 is 9.90 Å². The topological polar surface area (TPSA) is 49.3 Å². The van der Waals surface area contributed by atoms with E-state index in [9.17, 15) is 9.90 Å². The fourth-order valence-electron chi connectivity index (χ4n) is 2.88. The lowest BCUT2D eigenvalue weighted by atomic mass is 9.80. The third kappa shape index (κ3) is 1.62. The molecule has 2 aliphatic rings. The van der Waals surface area contributed by atoms with Crippen LogP contribution < -0.4 is 5.32 Å². The van der Waals surface area contributed by atoms with E-state index in [1.807, 2.05) is 24.3 Å². The zero-order chi connectivity index (χ0) is 11.8. The normalized spacial score (nSPS) is 22.5. The summed E-state index contributed by atoms with van der Waals surface area (Å²) in [6, 6.07) is 7.73. The number of allylic oxidation sites excluding steroid dienone is 1. The van der Waals surface area contributed by atoms with Gasteiger partial charge in [-0.2, -0.15) is 0 Å². The summed E-state index contributed by atoms with van der Waals surface area (Å²) in [5.41, 5.74) is 4.09. The highest BCUT2D eigenvalue weighted by Crippen LogP contribution is 2.42. The summed E-state index contributed by atoms with van der Waals surface area (Å²) < 4.78 is 0. The van der Waals surface area contributed by atoms with Crippen LogP contribution in [0.15, 0.2) is 35.5 Å². The summed E-state index contributed by atoms with van der Waals surface area (Å²) in [7, 11) is 0. The first kappa shape index (κ1) is 10.4. The maximum Gasteiger partial charge on any atom is 0.315 e. The van der Waals surface area contributed by atoms with Gasteiger partial charge in [0.2, 0.25) is 0 Å². The van der Waals surface area contributed by atoms with Crippen molar-refractivity contribution in [3.05, 3.63) is 41.1 Å². The molecule has 3 heteroatoms. The summed E-state index contributed by atoms with van der Waals surface area (Å²) >= 11 is 0. The Morgan fingerprint density at radius 1 is 1.24 bits per heavy atom. The molecule has 17 heavy (non-hydrogen) atoms. The molecule has 88 valence electrons. The van der Waals surface area contributed by atoms with Gasteiger partial charge >= 0.3 is 5.97 Å². The predicted molar refractivity (Wildman–Crippen MR) is 65.9 cm³/mol. The first-order chi connectivity index (χ1) is 8.27. The molecule has 3 nitrogen and oxygen atoms in total. The first-order valence-electron chi connectivity index (χ1n) is 6.08. The van der Waals surface area contributed by atoms with Gasteiger partial charge < -0.3 is 10.4 Å². The molecule has 1 aliphatic carbocycles. The van der Waals surface area contributed by atoms with E-state index in [1.54, 1.807) is 0 Å². The lowest BCUT2D eigenvalue weighted by Crippen LogP contribution is -2.25. The highest BCUT2D eigenvalue weighted by molar-refractivity contribution is 5.85. The van der Waals surface area contributed by atoms with Crippen molar-refractivity contribution in [2.45, 2.75) is 31.6 Å². The van der Waals surface area contributed by atoms with Gasteiger partial charge in [0, 0.05) is 11.4 Å². The van der Waals surface area contributed by atoms with Crippen molar-refractivity contribution in [2.24, 2.45) is 0 Å². The number of hydrogen-bond donors (Lipinski definition) is 2. The number of nitrogens with one attached hydrogen (secondary N) is 1. The Kier molecular flexibility index (Phi) is 2.39. The molecule has 2 N–H and O–H groups in total. The van der Waals surface area contributed by atoms with Gasteiger partial charge in [-0.3, -0.25) is 4.79 Å². The average Bonchev–Trinajstić information content (AvgIpc) is 2.35. The third-order valence-corrected chi connectivity index (χ3v) is 3.66. The van der Waals surface area contributed by atoms with Crippen LogP contribution in [0.25, 0.3) is 0 Å². The highest BCUT2D eigenvalue weighted by atomic mass is 16.4.